The molecule has 0 aromatic heterocycles. The van der Waals surface area contributed by atoms with Crippen molar-refractivity contribution in [2.24, 2.45) is 0 Å². The topological polar surface area (TPSA) is 76.1 Å². The van der Waals surface area contributed by atoms with Gasteiger partial charge in [0.25, 0.3) is 0 Å². The zero-order valence-electron chi connectivity index (χ0n) is 8.46. The van der Waals surface area contributed by atoms with E-state index in [9.17, 15) is 0 Å². The summed E-state index contributed by atoms with van der Waals surface area (Å²) in [4.78, 5) is 2.58. The molecule has 0 heterocycles. The molecule has 0 aliphatic rings. The van der Waals surface area contributed by atoms with Gasteiger partial charge in [0.05, 0.1) is 26.4 Å². The third-order valence-electron chi connectivity index (χ3n) is 1.25. The molecule has 0 fully saturated rings. The Morgan fingerprint density at radius 3 is 2.60 bits per heavy atom. The predicted molar refractivity (Wildman–Crippen MR) is 53.6 cm³/mol. The van der Waals surface area contributed by atoms with Gasteiger partial charge in [-0.25, -0.2) is 0 Å². The molecule has 1 N–H and O–H groups in total. The molecule has 0 saturated carbocycles. The standard InChI is InChI=1S/C9H14N2O4/c1-2-3-13-4-5-14-6-7-15-9(12)8-11-10/h2,8H,1,3-7H2/p+1/b9-8+. The lowest BCUT2D eigenvalue weighted by atomic mass is 10.7. The monoisotopic (exact) mass is 215 g/mol. The van der Waals surface area contributed by atoms with E-state index in [1.165, 1.54) is 0 Å². The van der Waals surface area contributed by atoms with Crippen molar-refractivity contribution >= 4 is 0 Å². The zero-order valence-corrected chi connectivity index (χ0v) is 8.46. The fourth-order valence-corrected chi connectivity index (χ4v) is 0.678. The molecule has 0 spiro atoms. The highest BCUT2D eigenvalue weighted by Crippen LogP contribution is 1.91. The quantitative estimate of drug-likeness (QED) is 0.272. The summed E-state index contributed by atoms with van der Waals surface area (Å²) in [5, 5.41) is 16.8. The van der Waals surface area contributed by atoms with E-state index in [2.05, 4.69) is 11.6 Å². The van der Waals surface area contributed by atoms with Crippen molar-refractivity contribution in [1.82, 2.24) is 0 Å². The molecular formula is C9H15N2O4+. The van der Waals surface area contributed by atoms with Crippen LogP contribution >= 0.6 is 0 Å². The highest BCUT2D eigenvalue weighted by Gasteiger charge is 1.99. The summed E-state index contributed by atoms with van der Waals surface area (Å²) >= 11 is 0. The van der Waals surface area contributed by atoms with Gasteiger partial charge in [-0.3, -0.25) is 0 Å². The summed E-state index contributed by atoms with van der Waals surface area (Å²) in [5.74, 6) is -0.455. The molecule has 0 amide bonds. The third kappa shape index (κ3) is 10.3. The number of aliphatic hydroxyl groups is 1. The average molecular weight is 215 g/mol. The van der Waals surface area contributed by atoms with Crippen LogP contribution in [0.2, 0.25) is 0 Å². The first-order valence-electron chi connectivity index (χ1n) is 4.43. The second kappa shape index (κ2) is 10.5. The van der Waals surface area contributed by atoms with Gasteiger partial charge in [0, 0.05) is 0 Å². The van der Waals surface area contributed by atoms with Crippen molar-refractivity contribution in [2.75, 3.05) is 33.0 Å². The SMILES string of the molecule is C=CCOCCOCCO/C(O)=C/[N+]#N. The minimum Gasteiger partial charge on any atom is -0.476 e. The van der Waals surface area contributed by atoms with Gasteiger partial charge in [0.15, 0.2) is 4.98 Å². The first kappa shape index (κ1) is 13.4. The predicted octanol–water partition coefficient (Wildman–Crippen LogP) is 1.43. The Labute approximate surface area is 88.4 Å². The van der Waals surface area contributed by atoms with Crippen LogP contribution in [0.1, 0.15) is 0 Å². The number of ether oxygens (including phenoxy) is 3. The van der Waals surface area contributed by atoms with Crippen LogP contribution in [0.15, 0.2) is 24.8 Å². The number of nitrogens with zero attached hydrogens (tertiary/aromatic N) is 2. The molecule has 84 valence electrons. The molecule has 0 aliphatic heterocycles. The van der Waals surface area contributed by atoms with Crippen LogP contribution in [-0.2, 0) is 14.2 Å². The molecule has 0 aliphatic carbocycles. The van der Waals surface area contributed by atoms with Crippen molar-refractivity contribution < 1.29 is 19.3 Å². The summed E-state index contributed by atoms with van der Waals surface area (Å²) in [6, 6.07) is 0. The highest BCUT2D eigenvalue weighted by molar-refractivity contribution is 4.87. The fourth-order valence-electron chi connectivity index (χ4n) is 0.678. The van der Waals surface area contributed by atoms with E-state index < -0.39 is 5.95 Å². The maximum atomic E-state index is 8.82. The Morgan fingerprint density at radius 2 is 1.93 bits per heavy atom. The zero-order chi connectivity index (χ0) is 11.4. The Morgan fingerprint density at radius 1 is 1.27 bits per heavy atom. The lowest BCUT2D eigenvalue weighted by Gasteiger charge is -2.04. The van der Waals surface area contributed by atoms with Gasteiger partial charge < -0.3 is 19.3 Å². The molecule has 0 saturated heterocycles. The molecular weight excluding hydrogens is 200 g/mol. The van der Waals surface area contributed by atoms with Gasteiger partial charge in [-0.2, -0.15) is 0 Å². The maximum absolute atomic E-state index is 8.82. The van der Waals surface area contributed by atoms with Crippen molar-refractivity contribution in [3.63, 3.8) is 0 Å². The van der Waals surface area contributed by atoms with E-state index in [1.807, 2.05) is 0 Å². The molecule has 0 bridgehead atoms. The van der Waals surface area contributed by atoms with Crippen LogP contribution in [0.5, 0.6) is 0 Å². The van der Waals surface area contributed by atoms with E-state index in [1.54, 1.807) is 6.08 Å². The number of hydrogen-bond acceptors (Lipinski definition) is 5. The lowest BCUT2D eigenvalue weighted by Crippen LogP contribution is -2.09. The summed E-state index contributed by atoms with van der Waals surface area (Å²) in [5.41, 5.74) is 0. The normalized spacial score (nSPS) is 10.7. The van der Waals surface area contributed by atoms with Crippen molar-refractivity contribution in [1.29, 1.82) is 5.39 Å². The van der Waals surface area contributed by atoms with Crippen LogP contribution < -0.4 is 0 Å². The average Bonchev–Trinajstić information content (AvgIpc) is 2.22. The van der Waals surface area contributed by atoms with Gasteiger partial charge in [0.2, 0.25) is 5.39 Å². The molecule has 15 heavy (non-hydrogen) atoms. The van der Waals surface area contributed by atoms with E-state index >= 15 is 0 Å². The Hall–Kier alpha value is -1.58. The van der Waals surface area contributed by atoms with Crippen LogP contribution in [-0.4, -0.2) is 38.1 Å². The largest absolute Gasteiger partial charge is 0.476 e. The molecule has 6 heteroatoms. The Bertz CT molecular complexity index is 235. The van der Waals surface area contributed by atoms with Gasteiger partial charge in [0.1, 0.15) is 6.61 Å². The minimum atomic E-state index is -0.455. The van der Waals surface area contributed by atoms with Gasteiger partial charge in [-0.05, 0) is 0 Å². The minimum absolute atomic E-state index is 0.180. The molecule has 0 unspecified atom stereocenters. The summed E-state index contributed by atoms with van der Waals surface area (Å²) in [6.45, 7) is 5.43. The first-order chi connectivity index (χ1) is 7.31. The Kier molecular flexibility index (Phi) is 9.39. The van der Waals surface area contributed by atoms with Gasteiger partial charge >= 0.3 is 12.1 Å². The molecule has 0 aromatic carbocycles. The molecule has 0 aromatic rings. The first-order valence-corrected chi connectivity index (χ1v) is 4.43. The van der Waals surface area contributed by atoms with Crippen molar-refractivity contribution in [3.8, 4) is 0 Å². The van der Waals surface area contributed by atoms with Crippen LogP contribution in [0.25, 0.3) is 4.98 Å². The highest BCUT2D eigenvalue weighted by atomic mass is 16.6. The second-order valence-electron chi connectivity index (χ2n) is 2.41. The van der Waals surface area contributed by atoms with Crippen LogP contribution in [0.3, 0.4) is 0 Å². The lowest BCUT2D eigenvalue weighted by molar-refractivity contribution is 0.0134. The molecule has 0 rings (SSSR count). The second-order valence-corrected chi connectivity index (χ2v) is 2.41. The third-order valence-corrected chi connectivity index (χ3v) is 1.25. The van der Waals surface area contributed by atoms with Gasteiger partial charge in [-0.1, -0.05) is 6.08 Å². The summed E-state index contributed by atoms with van der Waals surface area (Å²) in [6.07, 6.45) is 2.44. The van der Waals surface area contributed by atoms with Crippen LogP contribution in [0, 0.1) is 5.39 Å². The van der Waals surface area contributed by atoms with Crippen molar-refractivity contribution in [2.45, 2.75) is 0 Å². The molecule has 0 atom stereocenters. The summed E-state index contributed by atoms with van der Waals surface area (Å²) in [7, 11) is 0. The maximum Gasteiger partial charge on any atom is 0.429 e. The van der Waals surface area contributed by atoms with E-state index in [0.29, 0.717) is 26.4 Å². The number of hydrogen-bond donors (Lipinski definition) is 1. The summed E-state index contributed by atoms with van der Waals surface area (Å²) < 4.78 is 14.8. The smallest absolute Gasteiger partial charge is 0.429 e. The number of diazo groups is 1. The van der Waals surface area contributed by atoms with E-state index in [-0.39, 0.29) is 6.61 Å². The molecule has 0 radical (unpaired) electrons. The van der Waals surface area contributed by atoms with E-state index in [0.717, 1.165) is 6.20 Å². The Balaban J connectivity index is 3.15. The van der Waals surface area contributed by atoms with Gasteiger partial charge in [-0.15, -0.1) is 6.58 Å². The number of rotatable bonds is 9. The van der Waals surface area contributed by atoms with E-state index in [4.69, 9.17) is 24.7 Å². The van der Waals surface area contributed by atoms with Crippen LogP contribution in [0.4, 0.5) is 0 Å². The molecule has 6 nitrogen and oxygen atoms in total. The van der Waals surface area contributed by atoms with Crippen molar-refractivity contribution in [3.05, 3.63) is 29.8 Å². The fraction of sp³-hybridized carbons (Fsp3) is 0.556. The number of aliphatic hydroxyl groups excluding tert-OH is 1.